The lowest BCUT2D eigenvalue weighted by Crippen LogP contribution is -2.29. The van der Waals surface area contributed by atoms with Crippen molar-refractivity contribution in [2.75, 3.05) is 25.5 Å². The lowest BCUT2D eigenvalue weighted by Gasteiger charge is -2.13. The number of aryl methyl sites for hydroxylation is 1. The quantitative estimate of drug-likeness (QED) is 0.574. The number of pyridine rings is 1. The number of anilines is 1. The number of nitrogens with one attached hydrogen (secondary N) is 2. The second-order valence-electron chi connectivity index (χ2n) is 5.80. The van der Waals surface area contributed by atoms with E-state index in [1.54, 1.807) is 47.7 Å². The van der Waals surface area contributed by atoms with Gasteiger partial charge < -0.3 is 10.1 Å². The zero-order valence-corrected chi connectivity index (χ0v) is 15.9. The monoisotopic (exact) mass is 387 g/mol. The van der Waals surface area contributed by atoms with Crippen LogP contribution in [0.25, 0.3) is 5.69 Å². The van der Waals surface area contributed by atoms with Gasteiger partial charge in [-0.1, -0.05) is 0 Å². The molecule has 3 aromatic rings. The predicted molar refractivity (Wildman–Crippen MR) is 103 cm³/mol. The largest absolute Gasteiger partial charge is 0.495 e. The highest BCUT2D eigenvalue weighted by Gasteiger charge is 2.20. The van der Waals surface area contributed by atoms with Gasteiger partial charge in [-0.25, -0.2) is 17.8 Å². The summed E-state index contributed by atoms with van der Waals surface area (Å²) in [5, 5.41) is 7.31. The molecule has 0 atom stereocenters. The maximum absolute atomic E-state index is 12.8. The Kier molecular flexibility index (Phi) is 5.72. The van der Waals surface area contributed by atoms with Gasteiger partial charge in [0.2, 0.25) is 10.0 Å². The number of nitrogens with zero attached hydrogens (tertiary/aromatic N) is 3. The first-order valence-corrected chi connectivity index (χ1v) is 9.82. The molecule has 3 rings (SSSR count). The summed E-state index contributed by atoms with van der Waals surface area (Å²) >= 11 is 0. The number of ether oxygens (including phenoxy) is 1. The molecule has 0 aliphatic heterocycles. The predicted octanol–water partition coefficient (Wildman–Crippen LogP) is 1.97. The topological polar surface area (TPSA) is 98.1 Å². The van der Waals surface area contributed by atoms with E-state index in [4.69, 9.17) is 4.74 Å². The van der Waals surface area contributed by atoms with Crippen LogP contribution in [0.2, 0.25) is 0 Å². The molecular weight excluding hydrogens is 366 g/mol. The van der Waals surface area contributed by atoms with Crippen molar-refractivity contribution in [3.05, 3.63) is 60.7 Å². The van der Waals surface area contributed by atoms with Gasteiger partial charge in [0.15, 0.2) is 0 Å². The summed E-state index contributed by atoms with van der Waals surface area (Å²) in [6.07, 6.45) is 6.80. The van der Waals surface area contributed by atoms with Crippen molar-refractivity contribution >= 4 is 15.7 Å². The van der Waals surface area contributed by atoms with E-state index in [0.717, 1.165) is 11.3 Å². The first-order chi connectivity index (χ1) is 13.0. The fourth-order valence-corrected chi connectivity index (χ4v) is 3.79. The van der Waals surface area contributed by atoms with Crippen LogP contribution in [-0.4, -0.2) is 43.4 Å². The lowest BCUT2D eigenvalue weighted by molar-refractivity contribution is 0.402. The summed E-state index contributed by atoms with van der Waals surface area (Å²) in [7, 11) is -2.31. The van der Waals surface area contributed by atoms with Crippen LogP contribution >= 0.6 is 0 Å². The van der Waals surface area contributed by atoms with Crippen LogP contribution in [0.4, 0.5) is 5.69 Å². The third kappa shape index (κ3) is 4.44. The smallest absolute Gasteiger partial charge is 0.244 e. The van der Waals surface area contributed by atoms with Crippen molar-refractivity contribution in [2.45, 2.75) is 11.8 Å². The molecule has 0 unspecified atom stereocenters. The number of aromatic nitrogens is 3. The second-order valence-corrected chi connectivity index (χ2v) is 7.54. The zero-order chi connectivity index (χ0) is 19.3. The van der Waals surface area contributed by atoms with Crippen molar-refractivity contribution < 1.29 is 13.2 Å². The molecule has 8 nitrogen and oxygen atoms in total. The number of methoxy groups -OCH3 is 1. The van der Waals surface area contributed by atoms with Crippen molar-refractivity contribution in [1.29, 1.82) is 0 Å². The van der Waals surface area contributed by atoms with E-state index in [0.29, 0.717) is 12.2 Å². The van der Waals surface area contributed by atoms with E-state index in [1.807, 2.05) is 13.0 Å². The Labute approximate surface area is 158 Å². The van der Waals surface area contributed by atoms with Crippen molar-refractivity contribution in [1.82, 2.24) is 19.5 Å². The van der Waals surface area contributed by atoms with Crippen LogP contribution < -0.4 is 14.8 Å². The van der Waals surface area contributed by atoms with Crippen LogP contribution in [-0.2, 0) is 10.0 Å². The second kappa shape index (κ2) is 8.19. The van der Waals surface area contributed by atoms with Crippen LogP contribution in [0, 0.1) is 6.92 Å². The Balaban J connectivity index is 1.72. The molecule has 27 heavy (non-hydrogen) atoms. The summed E-state index contributed by atoms with van der Waals surface area (Å²) in [6.45, 7) is 2.59. The van der Waals surface area contributed by atoms with Gasteiger partial charge in [0.1, 0.15) is 10.6 Å². The van der Waals surface area contributed by atoms with Crippen LogP contribution in [0.15, 0.2) is 60.0 Å². The minimum Gasteiger partial charge on any atom is -0.495 e. The summed E-state index contributed by atoms with van der Waals surface area (Å²) in [5.74, 6) is 0.274. The first-order valence-electron chi connectivity index (χ1n) is 8.33. The van der Waals surface area contributed by atoms with E-state index >= 15 is 0 Å². The number of sulfonamides is 1. The van der Waals surface area contributed by atoms with E-state index < -0.39 is 10.0 Å². The average Bonchev–Trinajstić information content (AvgIpc) is 3.21. The molecule has 0 aliphatic rings. The fraction of sp³-hybridized carbons (Fsp3) is 0.222. The molecule has 2 heterocycles. The molecule has 0 amide bonds. The molecule has 1 aromatic carbocycles. The molecule has 0 saturated carbocycles. The Morgan fingerprint density at radius 1 is 1.19 bits per heavy atom. The molecule has 0 spiro atoms. The van der Waals surface area contributed by atoms with Crippen molar-refractivity contribution in [2.24, 2.45) is 0 Å². The molecule has 0 aliphatic carbocycles. The summed E-state index contributed by atoms with van der Waals surface area (Å²) in [6, 6.07) is 8.52. The minimum atomic E-state index is -3.75. The summed E-state index contributed by atoms with van der Waals surface area (Å²) in [5.41, 5.74) is 2.54. The number of hydrogen-bond acceptors (Lipinski definition) is 6. The Hall–Kier alpha value is -2.91. The maximum atomic E-state index is 12.8. The summed E-state index contributed by atoms with van der Waals surface area (Å²) < 4.78 is 34.9. The number of rotatable bonds is 8. The molecule has 2 N–H and O–H groups in total. The molecule has 0 saturated heterocycles. The Morgan fingerprint density at radius 3 is 2.74 bits per heavy atom. The minimum absolute atomic E-state index is 0.0677. The molecule has 0 fully saturated rings. The van der Waals surface area contributed by atoms with Gasteiger partial charge in [0.05, 0.1) is 12.8 Å². The third-order valence-electron chi connectivity index (χ3n) is 3.96. The lowest BCUT2D eigenvalue weighted by atomic mass is 10.2. The van der Waals surface area contributed by atoms with Gasteiger partial charge in [0.25, 0.3) is 0 Å². The zero-order valence-electron chi connectivity index (χ0n) is 15.1. The van der Waals surface area contributed by atoms with Gasteiger partial charge >= 0.3 is 0 Å². The molecular formula is C18H21N5O3S. The van der Waals surface area contributed by atoms with E-state index in [1.165, 1.54) is 13.2 Å². The van der Waals surface area contributed by atoms with E-state index in [9.17, 15) is 8.42 Å². The highest BCUT2D eigenvalue weighted by molar-refractivity contribution is 7.89. The van der Waals surface area contributed by atoms with E-state index in [2.05, 4.69) is 20.1 Å². The van der Waals surface area contributed by atoms with Crippen LogP contribution in [0.1, 0.15) is 5.56 Å². The van der Waals surface area contributed by atoms with Gasteiger partial charge in [0, 0.05) is 43.6 Å². The molecule has 0 bridgehead atoms. The Bertz CT molecular complexity index is 1000. The maximum Gasteiger partial charge on any atom is 0.244 e. The van der Waals surface area contributed by atoms with Crippen molar-refractivity contribution in [3.8, 4) is 11.4 Å². The average molecular weight is 387 g/mol. The molecule has 2 aromatic heterocycles. The molecule has 9 heteroatoms. The summed E-state index contributed by atoms with van der Waals surface area (Å²) in [4.78, 5) is 4.10. The van der Waals surface area contributed by atoms with Crippen molar-refractivity contribution in [3.63, 3.8) is 0 Å². The highest BCUT2D eigenvalue weighted by Crippen LogP contribution is 2.26. The standard InChI is InChI=1S/C18H21N5O3S/c1-14-13-19-8-6-16(14)20-9-10-22-27(24,25)18-12-15(4-5-17(18)26-2)23-11-3-7-21-23/h3-8,11-13,22H,9-10H2,1-2H3,(H,19,20). The first kappa shape index (κ1) is 18.9. The number of hydrogen-bond donors (Lipinski definition) is 2. The normalized spacial score (nSPS) is 11.3. The van der Waals surface area contributed by atoms with E-state index in [-0.39, 0.29) is 17.2 Å². The third-order valence-corrected chi connectivity index (χ3v) is 5.44. The molecule has 142 valence electrons. The SMILES string of the molecule is COc1ccc(-n2cccn2)cc1S(=O)(=O)NCCNc1ccncc1C. The van der Waals surface area contributed by atoms with Gasteiger partial charge in [-0.15, -0.1) is 0 Å². The van der Waals surface area contributed by atoms with Crippen LogP contribution in [0.5, 0.6) is 5.75 Å². The number of benzene rings is 1. The highest BCUT2D eigenvalue weighted by atomic mass is 32.2. The fourth-order valence-electron chi connectivity index (χ4n) is 2.57. The van der Waals surface area contributed by atoms with Gasteiger partial charge in [-0.2, -0.15) is 5.10 Å². The van der Waals surface area contributed by atoms with Gasteiger partial charge in [-0.05, 0) is 42.8 Å². The molecule has 0 radical (unpaired) electrons. The van der Waals surface area contributed by atoms with Gasteiger partial charge in [-0.3, -0.25) is 4.98 Å². The van der Waals surface area contributed by atoms with Crippen LogP contribution in [0.3, 0.4) is 0 Å². The Morgan fingerprint density at radius 2 is 2.04 bits per heavy atom.